The third-order valence-electron chi connectivity index (χ3n) is 4.64. The fourth-order valence-electron chi connectivity index (χ4n) is 3.18. The second kappa shape index (κ2) is 7.98. The summed E-state index contributed by atoms with van der Waals surface area (Å²) in [5.41, 5.74) is 4.01. The van der Waals surface area contributed by atoms with Crippen LogP contribution in [0.1, 0.15) is 43.4 Å². The van der Waals surface area contributed by atoms with E-state index in [4.69, 9.17) is 0 Å². The third-order valence-corrected chi connectivity index (χ3v) is 5.36. The van der Waals surface area contributed by atoms with Crippen molar-refractivity contribution >= 4 is 21.6 Å². The van der Waals surface area contributed by atoms with Gasteiger partial charge in [0.1, 0.15) is 0 Å². The van der Waals surface area contributed by atoms with E-state index in [1.165, 1.54) is 53.6 Å². The van der Waals surface area contributed by atoms with Crippen molar-refractivity contribution in [3.63, 3.8) is 0 Å². The largest absolute Gasteiger partial charge is 0.372 e. The minimum atomic E-state index is 0.326. The molecule has 2 aromatic rings. The van der Waals surface area contributed by atoms with Gasteiger partial charge in [-0.25, -0.2) is 0 Å². The molecule has 3 rings (SSSR count). The van der Waals surface area contributed by atoms with E-state index in [1.54, 1.807) is 0 Å². The first-order valence-corrected chi connectivity index (χ1v) is 9.35. The van der Waals surface area contributed by atoms with Crippen LogP contribution in [0.15, 0.2) is 53.0 Å². The summed E-state index contributed by atoms with van der Waals surface area (Å²) in [5, 5.41) is 3.61. The third kappa shape index (κ3) is 4.36. The first-order chi connectivity index (χ1) is 11.2. The number of nitrogens with one attached hydrogen (secondary N) is 1. The second-order valence-corrected chi connectivity index (χ2v) is 7.19. The molecular formula is C20H25BrN2. The van der Waals surface area contributed by atoms with E-state index in [2.05, 4.69) is 81.6 Å². The van der Waals surface area contributed by atoms with Crippen LogP contribution >= 0.6 is 15.9 Å². The number of hydrogen-bond donors (Lipinski definition) is 1. The van der Waals surface area contributed by atoms with Crippen molar-refractivity contribution in [1.82, 2.24) is 5.32 Å². The quantitative estimate of drug-likeness (QED) is 0.766. The van der Waals surface area contributed by atoms with Gasteiger partial charge in [0.25, 0.3) is 0 Å². The fourth-order valence-corrected chi connectivity index (χ4v) is 3.81. The molecule has 1 heterocycles. The zero-order valence-corrected chi connectivity index (χ0v) is 15.3. The Balaban J connectivity index is 1.57. The van der Waals surface area contributed by atoms with Crippen LogP contribution in [0.5, 0.6) is 0 Å². The normalized spacial score (nSPS) is 16.3. The molecule has 2 nitrogen and oxygen atoms in total. The van der Waals surface area contributed by atoms with Crippen molar-refractivity contribution in [2.45, 2.75) is 38.8 Å². The number of piperidine rings is 1. The van der Waals surface area contributed by atoms with Crippen LogP contribution in [0.25, 0.3) is 0 Å². The van der Waals surface area contributed by atoms with Gasteiger partial charge in [-0.2, -0.15) is 0 Å². The van der Waals surface area contributed by atoms with Gasteiger partial charge in [0.2, 0.25) is 0 Å². The van der Waals surface area contributed by atoms with Crippen molar-refractivity contribution in [3.8, 4) is 0 Å². The molecule has 1 atom stereocenters. The predicted molar refractivity (Wildman–Crippen MR) is 102 cm³/mol. The lowest BCUT2D eigenvalue weighted by Crippen LogP contribution is -2.29. The molecule has 0 bridgehead atoms. The monoisotopic (exact) mass is 372 g/mol. The average molecular weight is 373 g/mol. The molecule has 1 aliphatic rings. The number of rotatable bonds is 5. The Morgan fingerprint density at radius 1 is 1.00 bits per heavy atom. The van der Waals surface area contributed by atoms with Gasteiger partial charge in [-0.1, -0.05) is 46.3 Å². The van der Waals surface area contributed by atoms with Crippen LogP contribution in [0.2, 0.25) is 0 Å². The zero-order chi connectivity index (χ0) is 16.1. The highest BCUT2D eigenvalue weighted by Gasteiger charge is 2.11. The topological polar surface area (TPSA) is 15.3 Å². The molecule has 122 valence electrons. The minimum Gasteiger partial charge on any atom is -0.372 e. The van der Waals surface area contributed by atoms with Gasteiger partial charge in [0, 0.05) is 35.8 Å². The van der Waals surface area contributed by atoms with Crippen LogP contribution in [-0.2, 0) is 6.54 Å². The molecule has 1 saturated heterocycles. The Morgan fingerprint density at radius 3 is 2.39 bits per heavy atom. The molecule has 1 fully saturated rings. The van der Waals surface area contributed by atoms with Crippen molar-refractivity contribution in [2.24, 2.45) is 0 Å². The smallest absolute Gasteiger partial charge is 0.0366 e. The van der Waals surface area contributed by atoms with E-state index < -0.39 is 0 Å². The molecule has 1 aliphatic heterocycles. The molecule has 1 N–H and O–H groups in total. The molecule has 3 heteroatoms. The minimum absolute atomic E-state index is 0.326. The molecule has 0 aliphatic carbocycles. The SMILES string of the molecule is CC(NCc1ccc(N2CCCCC2)cc1)c1ccccc1Br. The Hall–Kier alpha value is -1.32. The number of benzene rings is 2. The van der Waals surface area contributed by atoms with Crippen molar-refractivity contribution < 1.29 is 0 Å². The molecular weight excluding hydrogens is 348 g/mol. The Morgan fingerprint density at radius 2 is 1.70 bits per heavy atom. The molecule has 0 saturated carbocycles. The van der Waals surface area contributed by atoms with Gasteiger partial charge in [0.05, 0.1) is 0 Å². The summed E-state index contributed by atoms with van der Waals surface area (Å²) in [7, 11) is 0. The first-order valence-electron chi connectivity index (χ1n) is 8.56. The van der Waals surface area contributed by atoms with E-state index in [1.807, 2.05) is 0 Å². The molecule has 0 aromatic heterocycles. The molecule has 2 aromatic carbocycles. The van der Waals surface area contributed by atoms with E-state index in [-0.39, 0.29) is 0 Å². The lowest BCUT2D eigenvalue weighted by Gasteiger charge is -2.29. The molecule has 0 radical (unpaired) electrons. The summed E-state index contributed by atoms with van der Waals surface area (Å²) in [4.78, 5) is 2.50. The summed E-state index contributed by atoms with van der Waals surface area (Å²) in [5.74, 6) is 0. The second-order valence-electron chi connectivity index (χ2n) is 6.34. The first kappa shape index (κ1) is 16.5. The lowest BCUT2D eigenvalue weighted by molar-refractivity contribution is 0.571. The van der Waals surface area contributed by atoms with Gasteiger partial charge in [0.15, 0.2) is 0 Å². The van der Waals surface area contributed by atoms with Gasteiger partial charge in [-0.15, -0.1) is 0 Å². The van der Waals surface area contributed by atoms with Gasteiger partial charge < -0.3 is 10.2 Å². The summed E-state index contributed by atoms with van der Waals surface area (Å²) in [6, 6.07) is 17.8. The summed E-state index contributed by atoms with van der Waals surface area (Å²) >= 11 is 3.63. The predicted octanol–water partition coefficient (Wildman–Crippen LogP) is 5.29. The van der Waals surface area contributed by atoms with Crippen LogP contribution in [0, 0.1) is 0 Å². The van der Waals surface area contributed by atoms with Gasteiger partial charge in [-0.3, -0.25) is 0 Å². The zero-order valence-electron chi connectivity index (χ0n) is 13.8. The number of halogens is 1. The van der Waals surface area contributed by atoms with Crippen LogP contribution in [0.4, 0.5) is 5.69 Å². The Labute approximate surface area is 148 Å². The van der Waals surface area contributed by atoms with E-state index >= 15 is 0 Å². The molecule has 0 amide bonds. The summed E-state index contributed by atoms with van der Waals surface area (Å²) in [6.07, 6.45) is 4.03. The van der Waals surface area contributed by atoms with Crippen molar-refractivity contribution in [3.05, 3.63) is 64.1 Å². The number of hydrogen-bond acceptors (Lipinski definition) is 2. The van der Waals surface area contributed by atoms with E-state index in [0.717, 1.165) is 6.54 Å². The summed E-state index contributed by atoms with van der Waals surface area (Å²) < 4.78 is 1.17. The fraction of sp³-hybridized carbons (Fsp3) is 0.400. The highest BCUT2D eigenvalue weighted by atomic mass is 79.9. The lowest BCUT2D eigenvalue weighted by atomic mass is 10.1. The van der Waals surface area contributed by atoms with Crippen LogP contribution < -0.4 is 10.2 Å². The maximum Gasteiger partial charge on any atom is 0.0366 e. The van der Waals surface area contributed by atoms with Crippen LogP contribution in [-0.4, -0.2) is 13.1 Å². The highest BCUT2D eigenvalue weighted by Crippen LogP contribution is 2.24. The van der Waals surface area contributed by atoms with Gasteiger partial charge in [-0.05, 0) is 55.5 Å². The highest BCUT2D eigenvalue weighted by molar-refractivity contribution is 9.10. The maximum atomic E-state index is 3.63. The maximum absolute atomic E-state index is 3.63. The van der Waals surface area contributed by atoms with E-state index in [9.17, 15) is 0 Å². The molecule has 0 spiro atoms. The van der Waals surface area contributed by atoms with Crippen molar-refractivity contribution in [1.29, 1.82) is 0 Å². The molecule has 23 heavy (non-hydrogen) atoms. The van der Waals surface area contributed by atoms with Gasteiger partial charge >= 0.3 is 0 Å². The standard InChI is InChI=1S/C20H25BrN2/c1-16(19-7-3-4-8-20(19)21)22-15-17-9-11-18(12-10-17)23-13-5-2-6-14-23/h3-4,7-12,16,22H,2,5-6,13-15H2,1H3. The number of anilines is 1. The summed E-state index contributed by atoms with van der Waals surface area (Å²) in [6.45, 7) is 5.51. The average Bonchev–Trinajstić information content (AvgIpc) is 2.61. The van der Waals surface area contributed by atoms with E-state index in [0.29, 0.717) is 6.04 Å². The molecule has 1 unspecified atom stereocenters. The van der Waals surface area contributed by atoms with Crippen molar-refractivity contribution in [2.75, 3.05) is 18.0 Å². The Kier molecular flexibility index (Phi) is 5.74. The number of nitrogens with zero attached hydrogens (tertiary/aromatic N) is 1. The Bertz CT molecular complexity index is 618. The van der Waals surface area contributed by atoms with Crippen LogP contribution in [0.3, 0.4) is 0 Å².